The Morgan fingerprint density at radius 1 is 0.815 bits per heavy atom. The van der Waals surface area contributed by atoms with Gasteiger partial charge in [0.2, 0.25) is 0 Å². The number of methoxy groups -OCH3 is 2. The minimum absolute atomic E-state index is 0.520. The van der Waals surface area contributed by atoms with Crippen LogP contribution in [0.2, 0.25) is 0 Å². The van der Waals surface area contributed by atoms with Crippen molar-refractivity contribution >= 4 is 5.69 Å². The Morgan fingerprint density at radius 3 is 2.30 bits per heavy atom. The lowest BCUT2D eigenvalue weighted by Crippen LogP contribution is -2.02. The van der Waals surface area contributed by atoms with E-state index in [2.05, 4.69) is 24.4 Å². The van der Waals surface area contributed by atoms with Crippen molar-refractivity contribution in [1.29, 1.82) is 0 Å². The molecule has 0 radical (unpaired) electrons. The van der Waals surface area contributed by atoms with E-state index in [0.29, 0.717) is 13.2 Å². The fraction of sp³-hybridized carbons (Fsp3) is 0.217. The molecule has 0 aliphatic carbocycles. The molecule has 140 valence electrons. The predicted molar refractivity (Wildman–Crippen MR) is 109 cm³/mol. The van der Waals surface area contributed by atoms with Crippen LogP contribution in [-0.4, -0.2) is 14.2 Å². The molecule has 0 aliphatic heterocycles. The van der Waals surface area contributed by atoms with Crippen molar-refractivity contribution in [2.24, 2.45) is 0 Å². The van der Waals surface area contributed by atoms with E-state index in [0.717, 1.165) is 28.5 Å². The molecule has 0 fully saturated rings. The highest BCUT2D eigenvalue weighted by atomic mass is 16.5. The molecule has 0 spiro atoms. The van der Waals surface area contributed by atoms with Crippen molar-refractivity contribution in [1.82, 2.24) is 0 Å². The van der Waals surface area contributed by atoms with Gasteiger partial charge in [0.05, 0.1) is 14.2 Å². The average molecular weight is 363 g/mol. The molecule has 0 saturated heterocycles. The van der Waals surface area contributed by atoms with E-state index in [1.165, 1.54) is 11.1 Å². The molecule has 0 aromatic heterocycles. The molecular formula is C23H25NO3. The Labute approximate surface area is 160 Å². The SMILES string of the molecule is COc1ccc(NCc2ccc(OCc3ccccc3C)c(OC)c2)cc1. The number of ether oxygens (including phenoxy) is 3. The fourth-order valence-electron chi connectivity index (χ4n) is 2.78. The third-order valence-electron chi connectivity index (χ3n) is 4.46. The van der Waals surface area contributed by atoms with Crippen molar-refractivity contribution < 1.29 is 14.2 Å². The maximum Gasteiger partial charge on any atom is 0.161 e. The van der Waals surface area contributed by atoms with Crippen LogP contribution in [0.5, 0.6) is 17.2 Å². The fourth-order valence-corrected chi connectivity index (χ4v) is 2.78. The van der Waals surface area contributed by atoms with E-state index < -0.39 is 0 Å². The second-order valence-corrected chi connectivity index (χ2v) is 6.28. The van der Waals surface area contributed by atoms with E-state index in [4.69, 9.17) is 14.2 Å². The monoisotopic (exact) mass is 363 g/mol. The van der Waals surface area contributed by atoms with Gasteiger partial charge < -0.3 is 19.5 Å². The van der Waals surface area contributed by atoms with Gasteiger partial charge in [-0.25, -0.2) is 0 Å². The first kappa shape index (κ1) is 18.6. The second-order valence-electron chi connectivity index (χ2n) is 6.28. The molecule has 0 atom stereocenters. The van der Waals surface area contributed by atoms with Crippen LogP contribution < -0.4 is 19.5 Å². The van der Waals surface area contributed by atoms with E-state index in [1.807, 2.05) is 54.6 Å². The van der Waals surface area contributed by atoms with Crippen LogP contribution in [0, 0.1) is 6.92 Å². The van der Waals surface area contributed by atoms with Crippen LogP contribution in [0.4, 0.5) is 5.69 Å². The highest BCUT2D eigenvalue weighted by molar-refractivity contribution is 5.48. The number of anilines is 1. The molecule has 0 bridgehead atoms. The summed E-state index contributed by atoms with van der Waals surface area (Å²) in [6.45, 7) is 3.30. The normalized spacial score (nSPS) is 10.3. The summed E-state index contributed by atoms with van der Waals surface area (Å²) in [6, 6.07) is 22.1. The lowest BCUT2D eigenvalue weighted by Gasteiger charge is -2.14. The number of hydrogen-bond acceptors (Lipinski definition) is 4. The van der Waals surface area contributed by atoms with Gasteiger partial charge in [-0.05, 0) is 60.0 Å². The van der Waals surface area contributed by atoms with Crippen LogP contribution >= 0.6 is 0 Å². The van der Waals surface area contributed by atoms with Crippen LogP contribution in [0.15, 0.2) is 66.7 Å². The lowest BCUT2D eigenvalue weighted by atomic mass is 10.1. The van der Waals surface area contributed by atoms with E-state index in [1.54, 1.807) is 14.2 Å². The maximum absolute atomic E-state index is 5.98. The molecule has 0 aliphatic rings. The van der Waals surface area contributed by atoms with Gasteiger partial charge >= 0.3 is 0 Å². The third-order valence-corrected chi connectivity index (χ3v) is 4.46. The van der Waals surface area contributed by atoms with Gasteiger partial charge in [-0.3, -0.25) is 0 Å². The summed E-state index contributed by atoms with van der Waals surface area (Å²) in [7, 11) is 3.33. The van der Waals surface area contributed by atoms with E-state index in [-0.39, 0.29) is 0 Å². The molecule has 3 aromatic carbocycles. The van der Waals surface area contributed by atoms with Crippen molar-refractivity contribution in [3.8, 4) is 17.2 Å². The molecule has 4 heteroatoms. The zero-order valence-electron chi connectivity index (χ0n) is 16.0. The molecule has 3 aromatic rings. The number of benzene rings is 3. The zero-order valence-corrected chi connectivity index (χ0v) is 16.0. The first-order valence-electron chi connectivity index (χ1n) is 8.91. The molecule has 1 N–H and O–H groups in total. The van der Waals surface area contributed by atoms with Crippen molar-refractivity contribution in [2.45, 2.75) is 20.1 Å². The van der Waals surface area contributed by atoms with E-state index >= 15 is 0 Å². The van der Waals surface area contributed by atoms with Crippen LogP contribution in [0.3, 0.4) is 0 Å². The summed E-state index contributed by atoms with van der Waals surface area (Å²) in [4.78, 5) is 0. The van der Waals surface area contributed by atoms with Crippen LogP contribution in [-0.2, 0) is 13.2 Å². The van der Waals surface area contributed by atoms with Crippen LogP contribution in [0.25, 0.3) is 0 Å². The molecule has 27 heavy (non-hydrogen) atoms. The number of nitrogens with one attached hydrogen (secondary N) is 1. The Balaban J connectivity index is 1.63. The maximum atomic E-state index is 5.98. The molecule has 0 saturated carbocycles. The standard InChI is InChI=1S/C23H25NO3/c1-17-6-4-5-7-19(17)16-27-22-13-8-18(14-23(22)26-3)15-24-20-9-11-21(25-2)12-10-20/h4-14,24H,15-16H2,1-3H3. The quantitative estimate of drug-likeness (QED) is 0.597. The summed E-state index contributed by atoms with van der Waals surface area (Å²) in [6.07, 6.45) is 0. The summed E-state index contributed by atoms with van der Waals surface area (Å²) in [5.74, 6) is 2.32. The minimum atomic E-state index is 0.520. The third kappa shape index (κ3) is 4.94. The second kappa shape index (κ2) is 8.99. The van der Waals surface area contributed by atoms with Gasteiger partial charge in [0, 0.05) is 12.2 Å². The first-order valence-corrected chi connectivity index (χ1v) is 8.91. The van der Waals surface area contributed by atoms with E-state index in [9.17, 15) is 0 Å². The van der Waals surface area contributed by atoms with Gasteiger partial charge in [0.15, 0.2) is 11.5 Å². The largest absolute Gasteiger partial charge is 0.497 e. The summed E-state index contributed by atoms with van der Waals surface area (Å²) in [5.41, 5.74) is 4.54. The molecule has 3 rings (SSSR count). The Morgan fingerprint density at radius 2 is 1.59 bits per heavy atom. The molecular weight excluding hydrogens is 338 g/mol. The van der Waals surface area contributed by atoms with Gasteiger partial charge in [-0.2, -0.15) is 0 Å². The number of rotatable bonds is 8. The van der Waals surface area contributed by atoms with Crippen molar-refractivity contribution in [3.63, 3.8) is 0 Å². The van der Waals surface area contributed by atoms with Gasteiger partial charge in [0.25, 0.3) is 0 Å². The Kier molecular flexibility index (Phi) is 6.21. The summed E-state index contributed by atoms with van der Waals surface area (Å²) >= 11 is 0. The summed E-state index contributed by atoms with van der Waals surface area (Å²) in [5, 5.41) is 3.40. The van der Waals surface area contributed by atoms with Gasteiger partial charge in [0.1, 0.15) is 12.4 Å². The predicted octanol–water partition coefficient (Wildman–Crippen LogP) is 5.20. The smallest absolute Gasteiger partial charge is 0.161 e. The molecule has 0 amide bonds. The zero-order chi connectivity index (χ0) is 19.1. The van der Waals surface area contributed by atoms with Crippen LogP contribution in [0.1, 0.15) is 16.7 Å². The Bertz CT molecular complexity index is 875. The first-order chi connectivity index (χ1) is 13.2. The average Bonchev–Trinajstić information content (AvgIpc) is 2.72. The lowest BCUT2D eigenvalue weighted by molar-refractivity contribution is 0.283. The number of hydrogen-bond donors (Lipinski definition) is 1. The molecule has 0 heterocycles. The number of aryl methyl sites for hydroxylation is 1. The van der Waals surface area contributed by atoms with Gasteiger partial charge in [-0.15, -0.1) is 0 Å². The van der Waals surface area contributed by atoms with Gasteiger partial charge in [-0.1, -0.05) is 30.3 Å². The van der Waals surface area contributed by atoms with Crippen molar-refractivity contribution in [3.05, 3.63) is 83.4 Å². The Hall–Kier alpha value is -3.14. The minimum Gasteiger partial charge on any atom is -0.497 e. The highest BCUT2D eigenvalue weighted by Gasteiger charge is 2.07. The molecule has 0 unspecified atom stereocenters. The topological polar surface area (TPSA) is 39.7 Å². The highest BCUT2D eigenvalue weighted by Crippen LogP contribution is 2.29. The van der Waals surface area contributed by atoms with Crippen molar-refractivity contribution in [2.75, 3.05) is 19.5 Å². The summed E-state index contributed by atoms with van der Waals surface area (Å²) < 4.78 is 16.7. The molecule has 4 nitrogen and oxygen atoms in total.